The summed E-state index contributed by atoms with van der Waals surface area (Å²) in [4.78, 5) is 10.9. The lowest BCUT2D eigenvalue weighted by atomic mass is 9.67. The van der Waals surface area contributed by atoms with Crippen molar-refractivity contribution in [3.05, 3.63) is 0 Å². The molecule has 1 atom stereocenters. The third-order valence-corrected chi connectivity index (χ3v) is 5.53. The summed E-state index contributed by atoms with van der Waals surface area (Å²) < 4.78 is -1.11. The first-order valence-electron chi connectivity index (χ1n) is 7.35. The minimum atomic E-state index is -1.11. The Morgan fingerprint density at radius 2 is 1.50 bits per heavy atom. The van der Waals surface area contributed by atoms with Gasteiger partial charge in [0.1, 0.15) is 0 Å². The zero-order chi connectivity index (χ0) is 15.9. The molecule has 2 rings (SSSR count). The van der Waals surface area contributed by atoms with Gasteiger partial charge in [-0.15, -0.1) is 0 Å². The fourth-order valence-corrected chi connectivity index (χ4v) is 3.62. The van der Waals surface area contributed by atoms with Crippen LogP contribution in [0.3, 0.4) is 0 Å². The molecule has 0 bridgehead atoms. The van der Waals surface area contributed by atoms with Crippen LogP contribution in [0, 0.1) is 22.7 Å². The molecule has 2 saturated carbocycles. The van der Waals surface area contributed by atoms with E-state index in [1.54, 1.807) is 0 Å². The lowest BCUT2D eigenvalue weighted by molar-refractivity contribution is -0.131. The number of alkyl halides is 2. The first-order valence-corrected chi connectivity index (χ1v) is 8.11. The summed E-state index contributed by atoms with van der Waals surface area (Å²) >= 11 is 11.6. The van der Waals surface area contributed by atoms with Gasteiger partial charge in [0.05, 0.1) is 6.10 Å². The van der Waals surface area contributed by atoms with E-state index in [-0.39, 0.29) is 23.2 Å². The summed E-state index contributed by atoms with van der Waals surface area (Å²) in [6.07, 6.45) is 2.57. The van der Waals surface area contributed by atoms with Gasteiger partial charge >= 0.3 is 0 Å². The summed E-state index contributed by atoms with van der Waals surface area (Å²) in [5, 5.41) is 8.98. The highest BCUT2D eigenvalue weighted by Crippen LogP contribution is 2.52. The first kappa shape index (κ1) is 18.3. The van der Waals surface area contributed by atoms with Crippen molar-refractivity contribution in [3.63, 3.8) is 0 Å². The Kier molecular flexibility index (Phi) is 5.27. The van der Waals surface area contributed by atoms with Crippen LogP contribution in [-0.4, -0.2) is 21.3 Å². The van der Waals surface area contributed by atoms with Gasteiger partial charge in [-0.2, -0.15) is 0 Å². The minimum Gasteiger partial charge on any atom is -0.393 e. The molecule has 1 unspecified atom stereocenters. The van der Waals surface area contributed by atoms with Crippen molar-refractivity contribution in [1.82, 2.24) is 0 Å². The van der Waals surface area contributed by atoms with Crippen molar-refractivity contribution in [2.24, 2.45) is 22.7 Å². The number of hydrogen-bond acceptors (Lipinski definition) is 2. The summed E-state index contributed by atoms with van der Waals surface area (Å²) in [5.74, 6) is 0.819. The van der Waals surface area contributed by atoms with Gasteiger partial charge in [0.25, 0.3) is 0 Å². The van der Waals surface area contributed by atoms with Crippen molar-refractivity contribution >= 4 is 29.0 Å². The number of aliphatic hydroxyl groups excluding tert-OH is 1. The minimum absolute atomic E-state index is 0.00854. The SMILES string of the molecule is CC(C)(C)C1CC(=O)C1(Cl)Cl.CC(C)(C)[C@H]1C[C@@H](O)C1. The quantitative estimate of drug-likeness (QED) is 0.662. The van der Waals surface area contributed by atoms with Gasteiger partial charge < -0.3 is 5.11 Å². The van der Waals surface area contributed by atoms with Crippen molar-refractivity contribution in [2.45, 2.75) is 71.2 Å². The maximum absolute atomic E-state index is 10.9. The van der Waals surface area contributed by atoms with Crippen molar-refractivity contribution in [2.75, 3.05) is 0 Å². The van der Waals surface area contributed by atoms with E-state index in [0.29, 0.717) is 11.8 Å². The largest absolute Gasteiger partial charge is 0.393 e. The molecule has 0 aromatic heterocycles. The number of aliphatic hydroxyl groups is 1. The molecule has 20 heavy (non-hydrogen) atoms. The van der Waals surface area contributed by atoms with Crippen LogP contribution < -0.4 is 0 Å². The number of Topliss-reactive ketones (excluding diaryl/α,β-unsaturated/α-hetero) is 1. The van der Waals surface area contributed by atoms with Gasteiger partial charge in [0.2, 0.25) is 0 Å². The van der Waals surface area contributed by atoms with Gasteiger partial charge in [-0.05, 0) is 29.6 Å². The molecule has 0 amide bonds. The molecule has 1 N–H and O–H groups in total. The molecule has 0 saturated heterocycles. The second kappa shape index (κ2) is 5.78. The molecular weight excluding hydrogens is 295 g/mol. The van der Waals surface area contributed by atoms with E-state index < -0.39 is 4.33 Å². The van der Waals surface area contributed by atoms with E-state index in [0.717, 1.165) is 18.8 Å². The lowest BCUT2D eigenvalue weighted by Gasteiger charge is -2.45. The van der Waals surface area contributed by atoms with Gasteiger partial charge in [0.15, 0.2) is 10.1 Å². The predicted molar refractivity (Wildman–Crippen MR) is 85.2 cm³/mol. The topological polar surface area (TPSA) is 37.3 Å². The Morgan fingerprint density at radius 1 is 1.05 bits per heavy atom. The van der Waals surface area contributed by atoms with Crippen LogP contribution in [-0.2, 0) is 4.79 Å². The number of carbonyl (C=O) groups excluding carboxylic acids is 1. The van der Waals surface area contributed by atoms with Crippen LogP contribution in [0.4, 0.5) is 0 Å². The number of halogens is 2. The average molecular weight is 323 g/mol. The number of ketones is 1. The van der Waals surface area contributed by atoms with Crippen LogP contribution in [0.5, 0.6) is 0 Å². The molecule has 0 spiro atoms. The molecule has 118 valence electrons. The summed E-state index contributed by atoms with van der Waals surface area (Å²) in [7, 11) is 0. The Labute approximate surface area is 133 Å². The van der Waals surface area contributed by atoms with Gasteiger partial charge in [-0.3, -0.25) is 4.79 Å². The highest BCUT2D eigenvalue weighted by Gasteiger charge is 2.56. The van der Waals surface area contributed by atoms with Gasteiger partial charge in [0, 0.05) is 12.3 Å². The van der Waals surface area contributed by atoms with Crippen molar-refractivity contribution in [1.29, 1.82) is 0 Å². The molecule has 2 aliphatic rings. The molecule has 2 fully saturated rings. The van der Waals surface area contributed by atoms with Crippen molar-refractivity contribution < 1.29 is 9.90 Å². The summed E-state index contributed by atoms with van der Waals surface area (Å²) in [6, 6.07) is 0. The summed E-state index contributed by atoms with van der Waals surface area (Å²) in [5.41, 5.74) is 0.441. The lowest BCUT2D eigenvalue weighted by Crippen LogP contribution is -2.53. The molecule has 2 aliphatic carbocycles. The summed E-state index contributed by atoms with van der Waals surface area (Å²) in [6.45, 7) is 12.9. The zero-order valence-electron chi connectivity index (χ0n) is 13.5. The normalized spacial score (nSPS) is 32.6. The maximum Gasteiger partial charge on any atom is 0.179 e. The number of hydrogen-bond donors (Lipinski definition) is 1. The molecule has 2 nitrogen and oxygen atoms in total. The Balaban J connectivity index is 0.000000204. The highest BCUT2D eigenvalue weighted by molar-refractivity contribution is 6.60. The van der Waals surface area contributed by atoms with Crippen LogP contribution in [0.25, 0.3) is 0 Å². The van der Waals surface area contributed by atoms with E-state index in [4.69, 9.17) is 28.3 Å². The monoisotopic (exact) mass is 322 g/mol. The second-order valence-corrected chi connectivity index (χ2v) is 9.74. The zero-order valence-corrected chi connectivity index (χ0v) is 15.0. The molecular formula is C16H28Cl2O2. The van der Waals surface area contributed by atoms with E-state index in [2.05, 4.69) is 20.8 Å². The van der Waals surface area contributed by atoms with Crippen LogP contribution in [0.2, 0.25) is 0 Å². The third-order valence-electron chi connectivity index (χ3n) is 4.58. The number of carbonyl (C=O) groups is 1. The Bertz CT molecular complexity index is 358. The molecule has 0 aliphatic heterocycles. The van der Waals surface area contributed by atoms with E-state index >= 15 is 0 Å². The fourth-order valence-electron chi connectivity index (χ4n) is 2.66. The van der Waals surface area contributed by atoms with Gasteiger partial charge in [-0.1, -0.05) is 64.7 Å². The predicted octanol–water partition coefficient (Wildman–Crippen LogP) is 4.60. The second-order valence-electron chi connectivity index (χ2n) is 8.36. The average Bonchev–Trinajstić information content (AvgIpc) is 2.19. The third kappa shape index (κ3) is 4.11. The smallest absolute Gasteiger partial charge is 0.179 e. The molecule has 0 heterocycles. The Morgan fingerprint density at radius 3 is 1.60 bits per heavy atom. The molecule has 0 aromatic rings. The van der Waals surface area contributed by atoms with E-state index in [9.17, 15) is 4.79 Å². The first-order chi connectivity index (χ1) is 8.76. The standard InChI is InChI=1S/C8H12Cl2O.C8H16O/c1-7(2,3)5-4-6(11)8(5,9)10;1-8(2,3)6-4-7(9)5-6/h5H,4H2,1-3H3;6-7,9H,4-5H2,1-3H3/t;6-,7+. The van der Waals surface area contributed by atoms with E-state index in [1.807, 2.05) is 20.8 Å². The van der Waals surface area contributed by atoms with Gasteiger partial charge in [-0.25, -0.2) is 0 Å². The highest BCUT2D eigenvalue weighted by atomic mass is 35.5. The Hall–Kier alpha value is 0.210. The molecule has 4 heteroatoms. The van der Waals surface area contributed by atoms with Crippen LogP contribution in [0.15, 0.2) is 0 Å². The molecule has 0 aromatic carbocycles. The number of rotatable bonds is 0. The van der Waals surface area contributed by atoms with Crippen LogP contribution >= 0.6 is 23.2 Å². The molecule has 0 radical (unpaired) electrons. The van der Waals surface area contributed by atoms with E-state index in [1.165, 1.54) is 0 Å². The fraction of sp³-hybridized carbons (Fsp3) is 0.938. The maximum atomic E-state index is 10.9. The van der Waals surface area contributed by atoms with Crippen molar-refractivity contribution in [3.8, 4) is 0 Å². The van der Waals surface area contributed by atoms with Crippen LogP contribution in [0.1, 0.15) is 60.8 Å².